The molecule has 1 aromatic rings. The number of nitrogens with zero attached hydrogens (tertiary/aromatic N) is 1. The predicted molar refractivity (Wildman–Crippen MR) is 67.0 cm³/mol. The zero-order chi connectivity index (χ0) is 11.4. The van der Waals surface area contributed by atoms with E-state index in [9.17, 15) is 4.79 Å². The summed E-state index contributed by atoms with van der Waals surface area (Å²) in [5.41, 5.74) is 0. The average molecular weight is 291 g/mol. The Kier molecular flexibility index (Phi) is 4.76. The summed E-state index contributed by atoms with van der Waals surface area (Å²) in [4.78, 5) is 14.3. The molecule has 1 amide bonds. The number of hydrogen-bond donors (Lipinski definition) is 1. The van der Waals surface area contributed by atoms with Crippen molar-refractivity contribution in [2.24, 2.45) is 0 Å². The van der Waals surface area contributed by atoms with Gasteiger partial charge in [0.25, 0.3) is 0 Å². The molecule has 1 N–H and O–H groups in total. The van der Waals surface area contributed by atoms with Crippen LogP contribution < -0.4 is 5.32 Å². The molecule has 0 fully saturated rings. The molecule has 3 nitrogen and oxygen atoms in total. The minimum absolute atomic E-state index is 0.102. The van der Waals surface area contributed by atoms with Gasteiger partial charge in [0, 0.05) is 25.5 Å². The summed E-state index contributed by atoms with van der Waals surface area (Å²) in [6.45, 7) is 2.61. The third kappa shape index (κ3) is 3.93. The molecule has 5 heteroatoms. The molecule has 0 spiro atoms. The standard InChI is InChI=1S/C10H15BrN2OS/c1-7(10(14)13(2)3)12-6-8-4-5-9(11)15-8/h4-5,7,12H,6H2,1-3H3/t7-/m1/s1. The van der Waals surface area contributed by atoms with Crippen molar-refractivity contribution < 1.29 is 4.79 Å². The molecular weight excluding hydrogens is 276 g/mol. The summed E-state index contributed by atoms with van der Waals surface area (Å²) in [5, 5.41) is 3.19. The Labute approximate surface area is 103 Å². The van der Waals surface area contributed by atoms with Crippen LogP contribution in [-0.2, 0) is 11.3 Å². The average Bonchev–Trinajstić information content (AvgIpc) is 2.59. The van der Waals surface area contributed by atoms with Crippen LogP contribution in [-0.4, -0.2) is 30.9 Å². The van der Waals surface area contributed by atoms with Gasteiger partial charge in [0.15, 0.2) is 0 Å². The zero-order valence-electron chi connectivity index (χ0n) is 9.08. The Morgan fingerprint density at radius 3 is 2.73 bits per heavy atom. The van der Waals surface area contributed by atoms with E-state index in [1.165, 1.54) is 4.88 Å². The van der Waals surface area contributed by atoms with Gasteiger partial charge in [-0.2, -0.15) is 0 Å². The number of hydrogen-bond acceptors (Lipinski definition) is 3. The lowest BCUT2D eigenvalue weighted by Gasteiger charge is -2.17. The molecule has 15 heavy (non-hydrogen) atoms. The number of halogens is 1. The van der Waals surface area contributed by atoms with Crippen molar-refractivity contribution in [2.75, 3.05) is 14.1 Å². The van der Waals surface area contributed by atoms with Crippen molar-refractivity contribution in [1.82, 2.24) is 10.2 Å². The summed E-state index contributed by atoms with van der Waals surface area (Å²) in [6.07, 6.45) is 0. The van der Waals surface area contributed by atoms with E-state index in [4.69, 9.17) is 0 Å². The molecule has 0 aliphatic carbocycles. The van der Waals surface area contributed by atoms with Crippen molar-refractivity contribution in [3.63, 3.8) is 0 Å². The molecule has 0 aliphatic rings. The first-order valence-corrected chi connectivity index (χ1v) is 6.30. The van der Waals surface area contributed by atoms with Crippen molar-refractivity contribution in [3.05, 3.63) is 20.8 Å². The van der Waals surface area contributed by atoms with E-state index in [2.05, 4.69) is 27.3 Å². The molecule has 84 valence electrons. The third-order valence-electron chi connectivity index (χ3n) is 2.02. The quantitative estimate of drug-likeness (QED) is 0.921. The Hall–Kier alpha value is -0.390. The highest BCUT2D eigenvalue weighted by Crippen LogP contribution is 2.21. The fraction of sp³-hybridized carbons (Fsp3) is 0.500. The second kappa shape index (κ2) is 5.63. The van der Waals surface area contributed by atoms with E-state index in [1.807, 2.05) is 13.0 Å². The van der Waals surface area contributed by atoms with Gasteiger partial charge in [-0.3, -0.25) is 4.79 Å². The first-order valence-electron chi connectivity index (χ1n) is 4.69. The van der Waals surface area contributed by atoms with Crippen molar-refractivity contribution in [1.29, 1.82) is 0 Å². The van der Waals surface area contributed by atoms with Crippen molar-refractivity contribution in [2.45, 2.75) is 19.5 Å². The number of amides is 1. The maximum absolute atomic E-state index is 11.5. The van der Waals surface area contributed by atoms with Crippen molar-refractivity contribution in [3.8, 4) is 0 Å². The molecular formula is C10H15BrN2OS. The minimum Gasteiger partial charge on any atom is -0.347 e. The first-order chi connectivity index (χ1) is 7.00. The van der Waals surface area contributed by atoms with E-state index in [-0.39, 0.29) is 11.9 Å². The van der Waals surface area contributed by atoms with Crippen LogP contribution in [0.5, 0.6) is 0 Å². The highest BCUT2D eigenvalue weighted by Gasteiger charge is 2.13. The molecule has 0 radical (unpaired) electrons. The van der Waals surface area contributed by atoms with Crippen molar-refractivity contribution >= 4 is 33.2 Å². The maximum atomic E-state index is 11.5. The molecule has 1 rings (SSSR count). The number of nitrogens with one attached hydrogen (secondary N) is 1. The van der Waals surface area contributed by atoms with E-state index < -0.39 is 0 Å². The van der Waals surface area contributed by atoms with E-state index in [0.717, 1.165) is 10.3 Å². The fourth-order valence-electron chi connectivity index (χ4n) is 1.18. The van der Waals surface area contributed by atoms with Crippen LogP contribution >= 0.6 is 27.3 Å². The Bertz CT molecular complexity index is 338. The van der Waals surface area contributed by atoms with E-state index >= 15 is 0 Å². The van der Waals surface area contributed by atoms with E-state index in [1.54, 1.807) is 30.3 Å². The highest BCUT2D eigenvalue weighted by atomic mass is 79.9. The van der Waals surface area contributed by atoms with Crippen LogP contribution in [0.25, 0.3) is 0 Å². The van der Waals surface area contributed by atoms with Gasteiger partial charge in [-0.05, 0) is 35.0 Å². The SMILES string of the molecule is C[C@@H](NCc1ccc(Br)s1)C(=O)N(C)C. The summed E-state index contributed by atoms with van der Waals surface area (Å²) in [7, 11) is 3.53. The molecule has 0 aromatic carbocycles. The monoisotopic (exact) mass is 290 g/mol. The predicted octanol–water partition coefficient (Wildman–Crippen LogP) is 2.08. The molecule has 0 bridgehead atoms. The van der Waals surface area contributed by atoms with Crippen LogP contribution in [0.4, 0.5) is 0 Å². The lowest BCUT2D eigenvalue weighted by molar-refractivity contribution is -0.130. The number of rotatable bonds is 4. The van der Waals surface area contributed by atoms with Gasteiger partial charge < -0.3 is 10.2 Å². The zero-order valence-corrected chi connectivity index (χ0v) is 11.5. The van der Waals surface area contributed by atoms with Gasteiger partial charge in [-0.1, -0.05) is 0 Å². The number of carbonyl (C=O) groups is 1. The molecule has 0 aliphatic heterocycles. The van der Waals surface area contributed by atoms with Gasteiger partial charge >= 0.3 is 0 Å². The summed E-state index contributed by atoms with van der Waals surface area (Å²) in [6, 6.07) is 3.93. The Balaban J connectivity index is 2.40. The van der Waals surface area contributed by atoms with Gasteiger partial charge in [0.05, 0.1) is 9.83 Å². The molecule has 0 unspecified atom stereocenters. The lowest BCUT2D eigenvalue weighted by atomic mass is 10.3. The van der Waals surface area contributed by atoms with E-state index in [0.29, 0.717) is 0 Å². The molecule has 0 saturated carbocycles. The number of likely N-dealkylation sites (N-methyl/N-ethyl adjacent to an activating group) is 1. The number of thiophene rings is 1. The van der Waals surface area contributed by atoms with Gasteiger partial charge in [0.2, 0.25) is 5.91 Å². The fourth-order valence-corrected chi connectivity index (χ4v) is 2.61. The van der Waals surface area contributed by atoms with Gasteiger partial charge in [0.1, 0.15) is 0 Å². The second-order valence-corrected chi connectivity index (χ2v) is 6.09. The third-order valence-corrected chi connectivity index (χ3v) is 3.65. The van der Waals surface area contributed by atoms with Crippen LogP contribution in [0, 0.1) is 0 Å². The lowest BCUT2D eigenvalue weighted by Crippen LogP contribution is -2.40. The summed E-state index contributed by atoms with van der Waals surface area (Å²) >= 11 is 5.09. The first kappa shape index (κ1) is 12.7. The Morgan fingerprint density at radius 1 is 1.60 bits per heavy atom. The smallest absolute Gasteiger partial charge is 0.238 e. The normalized spacial score (nSPS) is 12.5. The maximum Gasteiger partial charge on any atom is 0.238 e. The van der Waals surface area contributed by atoms with Gasteiger partial charge in [-0.15, -0.1) is 11.3 Å². The Morgan fingerprint density at radius 2 is 2.27 bits per heavy atom. The van der Waals surface area contributed by atoms with Crippen LogP contribution in [0.2, 0.25) is 0 Å². The van der Waals surface area contributed by atoms with Crippen LogP contribution in [0.15, 0.2) is 15.9 Å². The summed E-state index contributed by atoms with van der Waals surface area (Å²) in [5.74, 6) is 0.102. The molecule has 1 aromatic heterocycles. The minimum atomic E-state index is -0.138. The largest absolute Gasteiger partial charge is 0.347 e. The number of carbonyl (C=O) groups excluding carboxylic acids is 1. The second-order valence-electron chi connectivity index (χ2n) is 3.54. The summed E-state index contributed by atoms with van der Waals surface area (Å²) < 4.78 is 1.12. The molecule has 1 heterocycles. The molecule has 1 atom stereocenters. The van der Waals surface area contributed by atoms with Crippen LogP contribution in [0.3, 0.4) is 0 Å². The molecule has 0 saturated heterocycles. The highest BCUT2D eigenvalue weighted by molar-refractivity contribution is 9.11. The van der Waals surface area contributed by atoms with Crippen LogP contribution in [0.1, 0.15) is 11.8 Å². The topological polar surface area (TPSA) is 32.3 Å². The van der Waals surface area contributed by atoms with Gasteiger partial charge in [-0.25, -0.2) is 0 Å².